The number of likely N-dealkylation sites (tertiary alicyclic amines) is 1. The minimum atomic E-state index is -3.52. The lowest BCUT2D eigenvalue weighted by molar-refractivity contribution is -0.136. The van der Waals surface area contributed by atoms with Crippen LogP contribution in [0.5, 0.6) is 0 Å². The lowest BCUT2D eigenvalue weighted by Crippen LogP contribution is -2.46. The summed E-state index contributed by atoms with van der Waals surface area (Å²) in [6.07, 6.45) is 6.02. The zero-order valence-electron chi connectivity index (χ0n) is 15.0. The van der Waals surface area contributed by atoms with Gasteiger partial charge in [-0.2, -0.15) is 4.31 Å². The van der Waals surface area contributed by atoms with Crippen LogP contribution < -0.4 is 0 Å². The van der Waals surface area contributed by atoms with Gasteiger partial charge in [0.25, 0.3) is 0 Å². The first kappa shape index (κ1) is 18.4. The van der Waals surface area contributed by atoms with Gasteiger partial charge in [0.15, 0.2) is 0 Å². The molecular weight excluding hydrogens is 336 g/mol. The molecule has 2 aliphatic heterocycles. The summed E-state index contributed by atoms with van der Waals surface area (Å²) in [5, 5.41) is 0. The van der Waals surface area contributed by atoms with E-state index in [1.165, 1.54) is 17.1 Å². The topological polar surface area (TPSA) is 57.7 Å². The molecule has 1 amide bonds. The summed E-state index contributed by atoms with van der Waals surface area (Å²) in [6, 6.07) is 6.95. The maximum atomic E-state index is 12.9. The summed E-state index contributed by atoms with van der Waals surface area (Å²) in [7, 11) is -3.52. The third-order valence-electron chi connectivity index (χ3n) is 5.31. The Morgan fingerprint density at radius 3 is 2.24 bits per heavy atom. The van der Waals surface area contributed by atoms with Crippen molar-refractivity contribution in [3.05, 3.63) is 29.8 Å². The second-order valence-electron chi connectivity index (χ2n) is 7.25. The van der Waals surface area contributed by atoms with Gasteiger partial charge in [0.1, 0.15) is 0 Å². The third-order valence-corrected chi connectivity index (χ3v) is 7.19. The van der Waals surface area contributed by atoms with Crippen LogP contribution in [0.25, 0.3) is 0 Å². The monoisotopic (exact) mass is 364 g/mol. The van der Waals surface area contributed by atoms with Crippen LogP contribution in [0.2, 0.25) is 0 Å². The van der Waals surface area contributed by atoms with Crippen LogP contribution in [0.3, 0.4) is 0 Å². The number of benzene rings is 1. The summed E-state index contributed by atoms with van der Waals surface area (Å²) in [5.74, 6) is -0.0576. The van der Waals surface area contributed by atoms with Gasteiger partial charge in [-0.1, -0.05) is 30.5 Å². The predicted octanol–water partition coefficient (Wildman–Crippen LogP) is 2.80. The number of sulfonamides is 1. The van der Waals surface area contributed by atoms with Crippen molar-refractivity contribution in [2.45, 2.75) is 50.3 Å². The molecule has 5 nitrogen and oxygen atoms in total. The van der Waals surface area contributed by atoms with E-state index in [-0.39, 0.29) is 11.8 Å². The molecule has 0 radical (unpaired) electrons. The van der Waals surface area contributed by atoms with Crippen LogP contribution in [0, 0.1) is 12.8 Å². The van der Waals surface area contributed by atoms with Crippen molar-refractivity contribution in [1.29, 1.82) is 0 Å². The van der Waals surface area contributed by atoms with Gasteiger partial charge in [-0.25, -0.2) is 8.42 Å². The van der Waals surface area contributed by atoms with Crippen LogP contribution in [0.15, 0.2) is 29.2 Å². The Balaban J connectivity index is 1.71. The summed E-state index contributed by atoms with van der Waals surface area (Å²) in [4.78, 5) is 15.1. The number of carbonyl (C=O) groups excluding carboxylic acids is 1. The number of nitrogens with zero attached hydrogens (tertiary/aromatic N) is 2. The first-order chi connectivity index (χ1) is 12.0. The fourth-order valence-corrected chi connectivity index (χ4v) is 5.29. The van der Waals surface area contributed by atoms with Gasteiger partial charge in [-0.05, 0) is 44.7 Å². The number of rotatable bonds is 3. The van der Waals surface area contributed by atoms with Crippen molar-refractivity contribution in [2.24, 2.45) is 5.92 Å². The molecule has 2 saturated heterocycles. The smallest absolute Gasteiger partial charge is 0.243 e. The Bertz CT molecular complexity index is 692. The zero-order valence-corrected chi connectivity index (χ0v) is 15.8. The Morgan fingerprint density at radius 2 is 1.60 bits per heavy atom. The predicted molar refractivity (Wildman–Crippen MR) is 97.7 cm³/mol. The average Bonchev–Trinajstić information content (AvgIpc) is 2.91. The Labute approximate surface area is 151 Å². The second-order valence-corrected chi connectivity index (χ2v) is 9.19. The van der Waals surface area contributed by atoms with Crippen LogP contribution in [0.4, 0.5) is 0 Å². The van der Waals surface area contributed by atoms with Gasteiger partial charge in [0.2, 0.25) is 15.9 Å². The van der Waals surface area contributed by atoms with E-state index in [0.717, 1.165) is 44.3 Å². The van der Waals surface area contributed by atoms with Crippen LogP contribution in [-0.4, -0.2) is 49.7 Å². The van der Waals surface area contributed by atoms with Crippen LogP contribution in [-0.2, 0) is 14.8 Å². The zero-order chi connectivity index (χ0) is 17.9. The highest BCUT2D eigenvalue weighted by Crippen LogP contribution is 2.26. The molecule has 2 heterocycles. The molecule has 138 valence electrons. The van der Waals surface area contributed by atoms with Crippen molar-refractivity contribution >= 4 is 15.9 Å². The van der Waals surface area contributed by atoms with Crippen molar-refractivity contribution in [2.75, 3.05) is 26.2 Å². The molecule has 3 rings (SSSR count). The lowest BCUT2D eigenvalue weighted by Gasteiger charge is -2.34. The van der Waals surface area contributed by atoms with Gasteiger partial charge in [0.05, 0.1) is 10.8 Å². The van der Waals surface area contributed by atoms with E-state index >= 15 is 0 Å². The van der Waals surface area contributed by atoms with E-state index in [2.05, 4.69) is 0 Å². The van der Waals surface area contributed by atoms with E-state index in [1.54, 1.807) is 12.1 Å². The number of hydrogen-bond donors (Lipinski definition) is 0. The molecule has 0 spiro atoms. The molecule has 1 aromatic rings. The largest absolute Gasteiger partial charge is 0.342 e. The molecule has 1 atom stereocenters. The van der Waals surface area contributed by atoms with Gasteiger partial charge in [-0.3, -0.25) is 4.79 Å². The highest BCUT2D eigenvalue weighted by atomic mass is 32.2. The summed E-state index contributed by atoms with van der Waals surface area (Å²) < 4.78 is 27.3. The fourth-order valence-electron chi connectivity index (χ4n) is 3.77. The Kier molecular flexibility index (Phi) is 5.79. The van der Waals surface area contributed by atoms with Gasteiger partial charge >= 0.3 is 0 Å². The van der Waals surface area contributed by atoms with Gasteiger partial charge in [0, 0.05) is 26.2 Å². The quantitative estimate of drug-likeness (QED) is 0.829. The maximum Gasteiger partial charge on any atom is 0.243 e. The maximum absolute atomic E-state index is 12.9. The first-order valence-corrected chi connectivity index (χ1v) is 10.8. The minimum Gasteiger partial charge on any atom is -0.342 e. The molecule has 2 fully saturated rings. The molecule has 6 heteroatoms. The Hall–Kier alpha value is -1.40. The van der Waals surface area contributed by atoms with Crippen LogP contribution >= 0.6 is 0 Å². The number of aryl methyl sites for hydroxylation is 1. The molecule has 0 aliphatic carbocycles. The van der Waals surface area contributed by atoms with Gasteiger partial charge in [-0.15, -0.1) is 0 Å². The molecular formula is C19H28N2O3S. The standard InChI is InChI=1S/C19H28N2O3S/c1-16-8-10-18(11-9-16)25(23,24)21-14-6-7-17(15-21)19(22)20-12-4-2-3-5-13-20/h8-11,17H,2-7,12-15H2,1H3. The second kappa shape index (κ2) is 7.87. The number of hydrogen-bond acceptors (Lipinski definition) is 3. The molecule has 25 heavy (non-hydrogen) atoms. The highest BCUT2D eigenvalue weighted by Gasteiger charge is 2.35. The molecule has 1 unspecified atom stereocenters. The SMILES string of the molecule is Cc1ccc(S(=O)(=O)N2CCCC(C(=O)N3CCCCCC3)C2)cc1. The molecule has 0 saturated carbocycles. The van der Waals surface area contributed by atoms with Gasteiger partial charge < -0.3 is 4.90 Å². The summed E-state index contributed by atoms with van der Waals surface area (Å²) in [5.41, 5.74) is 1.03. The molecule has 0 bridgehead atoms. The van der Waals surface area contributed by atoms with E-state index in [9.17, 15) is 13.2 Å². The minimum absolute atomic E-state index is 0.144. The third kappa shape index (κ3) is 4.23. The van der Waals surface area contributed by atoms with Crippen molar-refractivity contribution in [3.63, 3.8) is 0 Å². The van der Waals surface area contributed by atoms with Crippen molar-refractivity contribution in [3.8, 4) is 0 Å². The molecule has 1 aromatic carbocycles. The van der Waals surface area contributed by atoms with E-state index < -0.39 is 10.0 Å². The van der Waals surface area contributed by atoms with Crippen molar-refractivity contribution in [1.82, 2.24) is 9.21 Å². The van der Waals surface area contributed by atoms with Crippen LogP contribution in [0.1, 0.15) is 44.1 Å². The summed E-state index contributed by atoms with van der Waals surface area (Å²) >= 11 is 0. The van der Waals surface area contributed by atoms with E-state index in [4.69, 9.17) is 0 Å². The number of amides is 1. The first-order valence-electron chi connectivity index (χ1n) is 9.34. The molecule has 0 aromatic heterocycles. The normalized spacial score (nSPS) is 23.2. The number of piperidine rings is 1. The number of carbonyl (C=O) groups is 1. The van der Waals surface area contributed by atoms with E-state index in [1.807, 2.05) is 24.0 Å². The van der Waals surface area contributed by atoms with E-state index in [0.29, 0.717) is 18.0 Å². The highest BCUT2D eigenvalue weighted by molar-refractivity contribution is 7.89. The Morgan fingerprint density at radius 1 is 0.960 bits per heavy atom. The fraction of sp³-hybridized carbons (Fsp3) is 0.632. The van der Waals surface area contributed by atoms with Crippen molar-refractivity contribution < 1.29 is 13.2 Å². The lowest BCUT2D eigenvalue weighted by atomic mass is 9.98. The molecule has 2 aliphatic rings. The average molecular weight is 365 g/mol. The molecule has 0 N–H and O–H groups in total. The summed E-state index contributed by atoms with van der Waals surface area (Å²) in [6.45, 7) is 4.39.